The van der Waals surface area contributed by atoms with Gasteiger partial charge in [-0.1, -0.05) is 77.9 Å². The predicted octanol–water partition coefficient (Wildman–Crippen LogP) is 6.99. The zero-order valence-electron chi connectivity index (χ0n) is 22.0. The average Bonchev–Trinajstić information content (AvgIpc) is 2.85. The molecule has 0 aliphatic heterocycles. The van der Waals surface area contributed by atoms with Crippen molar-refractivity contribution in [3.63, 3.8) is 0 Å². The zero-order valence-corrected chi connectivity index (χ0v) is 22.0. The topological polar surface area (TPSA) is 78.1 Å². The van der Waals surface area contributed by atoms with E-state index in [1.165, 1.54) is 33.4 Å². The summed E-state index contributed by atoms with van der Waals surface area (Å²) >= 11 is 0. The van der Waals surface area contributed by atoms with E-state index in [0.29, 0.717) is 0 Å². The van der Waals surface area contributed by atoms with E-state index in [2.05, 4.69) is 77.9 Å². The molecule has 3 aromatic rings. The van der Waals surface area contributed by atoms with Crippen LogP contribution in [0.3, 0.4) is 0 Å². The molecule has 0 fully saturated rings. The third-order valence-electron chi connectivity index (χ3n) is 7.60. The molecule has 3 heteroatoms. The molecule has 0 spiro atoms. The summed E-state index contributed by atoms with van der Waals surface area (Å²) in [5.74, 6) is -0.108. The maximum absolute atomic E-state index is 6.92. The molecule has 0 heterocycles. The van der Waals surface area contributed by atoms with E-state index in [9.17, 15) is 0 Å². The lowest BCUT2D eigenvalue weighted by atomic mass is 9.78. The second-order valence-electron chi connectivity index (χ2n) is 9.17. The van der Waals surface area contributed by atoms with Gasteiger partial charge in [0.1, 0.15) is 0 Å². The number of rotatable bonds is 9. The van der Waals surface area contributed by atoms with Crippen LogP contribution in [0, 0.1) is 0 Å². The highest BCUT2D eigenvalue weighted by atomic mass is 14.6. The van der Waals surface area contributed by atoms with E-state index in [0.717, 1.165) is 72.3 Å². The molecule has 0 aliphatic rings. The van der Waals surface area contributed by atoms with Gasteiger partial charge >= 0.3 is 0 Å². The fraction of sp³-hybridized carbons (Fsp3) is 0.419. The van der Waals surface area contributed by atoms with Crippen molar-refractivity contribution in [3.05, 3.63) is 86.5 Å². The summed E-state index contributed by atoms with van der Waals surface area (Å²) in [4.78, 5) is 0. The van der Waals surface area contributed by atoms with Crippen LogP contribution in [-0.2, 0) is 38.5 Å². The first kappa shape index (κ1) is 25.7. The van der Waals surface area contributed by atoms with Gasteiger partial charge in [0.2, 0.25) is 0 Å². The second kappa shape index (κ2) is 11.0. The van der Waals surface area contributed by atoms with Crippen LogP contribution in [0.1, 0.15) is 97.5 Å². The van der Waals surface area contributed by atoms with Crippen LogP contribution in [0.15, 0.2) is 36.4 Å². The highest BCUT2D eigenvalue weighted by Crippen LogP contribution is 2.44. The van der Waals surface area contributed by atoms with Crippen LogP contribution < -0.4 is 17.2 Å². The van der Waals surface area contributed by atoms with Gasteiger partial charge in [-0.3, -0.25) is 0 Å². The van der Waals surface area contributed by atoms with Crippen molar-refractivity contribution in [2.24, 2.45) is 0 Å². The molecule has 182 valence electrons. The number of hydrogen-bond acceptors (Lipinski definition) is 3. The number of anilines is 3. The Morgan fingerprint density at radius 2 is 0.706 bits per heavy atom. The van der Waals surface area contributed by atoms with Crippen molar-refractivity contribution in [2.75, 3.05) is 17.2 Å². The van der Waals surface area contributed by atoms with E-state index < -0.39 is 0 Å². The number of hydrogen-bond donors (Lipinski definition) is 3. The molecule has 0 saturated heterocycles. The predicted molar refractivity (Wildman–Crippen MR) is 150 cm³/mol. The van der Waals surface area contributed by atoms with Crippen LogP contribution in [0.4, 0.5) is 17.1 Å². The summed E-state index contributed by atoms with van der Waals surface area (Å²) in [7, 11) is 0. The first-order valence-electron chi connectivity index (χ1n) is 13.1. The molecule has 34 heavy (non-hydrogen) atoms. The van der Waals surface area contributed by atoms with Gasteiger partial charge in [0.25, 0.3) is 0 Å². The van der Waals surface area contributed by atoms with Crippen molar-refractivity contribution >= 4 is 17.1 Å². The SMILES string of the molecule is CCc1ccc(C(c2ccc(CC)c(CC)c2N)c2ccc(CC)c(CC)c2N)c(N)c1CC. The highest BCUT2D eigenvalue weighted by Gasteiger charge is 2.27. The molecule has 0 radical (unpaired) electrons. The van der Waals surface area contributed by atoms with Gasteiger partial charge in [0.15, 0.2) is 0 Å². The fourth-order valence-corrected chi connectivity index (χ4v) is 5.69. The molecule has 0 aromatic heterocycles. The minimum absolute atomic E-state index is 0.108. The van der Waals surface area contributed by atoms with Crippen LogP contribution in [0.2, 0.25) is 0 Å². The fourth-order valence-electron chi connectivity index (χ4n) is 5.69. The molecule has 6 N–H and O–H groups in total. The van der Waals surface area contributed by atoms with Gasteiger partial charge in [0.05, 0.1) is 0 Å². The lowest BCUT2D eigenvalue weighted by molar-refractivity contribution is 0.939. The van der Waals surface area contributed by atoms with Gasteiger partial charge in [0, 0.05) is 23.0 Å². The minimum atomic E-state index is -0.108. The lowest BCUT2D eigenvalue weighted by Crippen LogP contribution is -2.16. The van der Waals surface area contributed by atoms with Crippen molar-refractivity contribution in [2.45, 2.75) is 86.0 Å². The summed E-state index contributed by atoms with van der Waals surface area (Å²) in [6.45, 7) is 13.1. The lowest BCUT2D eigenvalue weighted by Gasteiger charge is -2.28. The Morgan fingerprint density at radius 1 is 0.441 bits per heavy atom. The molecular formula is C31H43N3. The molecule has 3 aromatic carbocycles. The number of nitrogen functional groups attached to an aromatic ring is 3. The Kier molecular flexibility index (Phi) is 8.30. The third kappa shape index (κ3) is 4.41. The Morgan fingerprint density at radius 3 is 0.912 bits per heavy atom. The van der Waals surface area contributed by atoms with Crippen molar-refractivity contribution in [1.29, 1.82) is 0 Å². The summed E-state index contributed by atoms with van der Waals surface area (Å²) in [5.41, 5.74) is 34.3. The third-order valence-corrected chi connectivity index (χ3v) is 7.60. The van der Waals surface area contributed by atoms with Gasteiger partial charge in [-0.15, -0.1) is 0 Å². The monoisotopic (exact) mass is 457 g/mol. The van der Waals surface area contributed by atoms with Crippen LogP contribution in [-0.4, -0.2) is 0 Å². The molecule has 3 nitrogen and oxygen atoms in total. The molecule has 0 atom stereocenters. The second-order valence-corrected chi connectivity index (χ2v) is 9.17. The van der Waals surface area contributed by atoms with Gasteiger partial charge < -0.3 is 17.2 Å². The Labute approximate surface area is 206 Å². The van der Waals surface area contributed by atoms with Crippen molar-refractivity contribution < 1.29 is 0 Å². The first-order chi connectivity index (χ1) is 16.4. The van der Waals surface area contributed by atoms with Gasteiger partial charge in [-0.25, -0.2) is 0 Å². The Balaban J connectivity index is 2.41. The normalized spacial score (nSPS) is 11.4. The molecule has 0 aliphatic carbocycles. The molecule has 0 unspecified atom stereocenters. The smallest absolute Gasteiger partial charge is 0.0401 e. The van der Waals surface area contributed by atoms with E-state index in [1.54, 1.807) is 0 Å². The molecule has 3 rings (SSSR count). The van der Waals surface area contributed by atoms with Gasteiger partial charge in [-0.05, 0) is 88.6 Å². The van der Waals surface area contributed by atoms with Crippen molar-refractivity contribution in [3.8, 4) is 0 Å². The van der Waals surface area contributed by atoms with E-state index in [4.69, 9.17) is 17.2 Å². The maximum atomic E-state index is 6.92. The van der Waals surface area contributed by atoms with E-state index in [-0.39, 0.29) is 5.92 Å². The number of aryl methyl sites for hydroxylation is 3. The highest BCUT2D eigenvalue weighted by molar-refractivity contribution is 5.72. The van der Waals surface area contributed by atoms with E-state index >= 15 is 0 Å². The summed E-state index contributed by atoms with van der Waals surface area (Å²) in [5, 5.41) is 0. The van der Waals surface area contributed by atoms with Crippen molar-refractivity contribution in [1.82, 2.24) is 0 Å². The zero-order chi connectivity index (χ0) is 25.0. The van der Waals surface area contributed by atoms with Crippen LogP contribution in [0.5, 0.6) is 0 Å². The largest absolute Gasteiger partial charge is 0.398 e. The summed E-state index contributed by atoms with van der Waals surface area (Å²) in [6.07, 6.45) is 5.64. The van der Waals surface area contributed by atoms with Crippen LogP contribution in [0.25, 0.3) is 0 Å². The molecule has 0 bridgehead atoms. The van der Waals surface area contributed by atoms with Gasteiger partial charge in [-0.2, -0.15) is 0 Å². The quantitative estimate of drug-likeness (QED) is 0.239. The maximum Gasteiger partial charge on any atom is 0.0401 e. The molecule has 0 saturated carbocycles. The molecule has 0 amide bonds. The first-order valence-corrected chi connectivity index (χ1v) is 13.1. The number of benzene rings is 3. The number of nitrogens with two attached hydrogens (primary N) is 3. The summed E-state index contributed by atoms with van der Waals surface area (Å²) in [6, 6.07) is 13.3. The summed E-state index contributed by atoms with van der Waals surface area (Å²) < 4.78 is 0. The average molecular weight is 458 g/mol. The van der Waals surface area contributed by atoms with E-state index in [1.807, 2.05) is 0 Å². The Bertz CT molecular complexity index is 1010. The van der Waals surface area contributed by atoms with Crippen LogP contribution >= 0.6 is 0 Å². The minimum Gasteiger partial charge on any atom is -0.398 e. The Hall–Kier alpha value is -2.94. The molecular weight excluding hydrogens is 414 g/mol. The standard InChI is InChI=1S/C31H43N3/c1-7-19-13-16-25(29(32)22(19)10-4)28(26-17-14-20(8-2)23(11-5)30(26)33)27-18-15-21(9-3)24(12-6)31(27)34/h13-18,28H,7-12,32-34H2,1-6H3.